The molecule has 1 aromatic carbocycles. The van der Waals surface area contributed by atoms with Gasteiger partial charge in [-0.3, -0.25) is 5.10 Å². The van der Waals surface area contributed by atoms with Gasteiger partial charge in [0.05, 0.1) is 5.39 Å². The second-order valence-electron chi connectivity index (χ2n) is 5.25. The van der Waals surface area contributed by atoms with Crippen LogP contribution in [0.3, 0.4) is 0 Å². The van der Waals surface area contributed by atoms with Gasteiger partial charge in [0, 0.05) is 17.3 Å². The van der Waals surface area contributed by atoms with Gasteiger partial charge in [-0.05, 0) is 37.1 Å². The first-order valence-electron chi connectivity index (χ1n) is 6.94. The van der Waals surface area contributed by atoms with Crippen LogP contribution in [0.5, 0.6) is 0 Å². The molecule has 120 valence electrons. The molecule has 0 atom stereocenters. The highest BCUT2D eigenvalue weighted by molar-refractivity contribution is 7.89. The van der Waals surface area contributed by atoms with E-state index >= 15 is 0 Å². The Balaban J connectivity index is 1.96. The highest BCUT2D eigenvalue weighted by atomic mass is 35.5. The van der Waals surface area contributed by atoms with E-state index in [9.17, 15) is 8.42 Å². The molecule has 0 bridgehead atoms. The van der Waals surface area contributed by atoms with E-state index in [2.05, 4.69) is 19.9 Å². The zero-order valence-electron chi connectivity index (χ0n) is 12.6. The lowest BCUT2D eigenvalue weighted by Crippen LogP contribution is -2.24. The molecule has 0 unspecified atom stereocenters. The molecule has 2 heterocycles. The number of hydrogen-bond donors (Lipinski definition) is 2. The summed E-state index contributed by atoms with van der Waals surface area (Å²) in [5.41, 5.74) is 2.68. The number of rotatable bonds is 4. The molecule has 2 N–H and O–H groups in total. The summed E-state index contributed by atoms with van der Waals surface area (Å²) in [7, 11) is -3.76. The minimum Gasteiger partial charge on any atom is -0.263 e. The fraction of sp³-hybridized carbons (Fsp3) is 0.200. The first-order valence-corrected chi connectivity index (χ1v) is 8.80. The van der Waals surface area contributed by atoms with Crippen molar-refractivity contribution < 1.29 is 8.42 Å². The standard InChI is InChI=1S/C15H15ClN4O2S/c1-9-7-10(2)18-14-13(9)15(20-19-14)23(21,22)17-8-11-5-3-4-6-12(11)16/h3-7,17H,8H2,1-2H3,(H,18,19,20). The molecule has 3 rings (SSSR count). The smallest absolute Gasteiger partial charge is 0.258 e. The number of pyridine rings is 1. The van der Waals surface area contributed by atoms with Crippen molar-refractivity contribution in [3.63, 3.8) is 0 Å². The quantitative estimate of drug-likeness (QED) is 0.757. The highest BCUT2D eigenvalue weighted by Gasteiger charge is 2.22. The lowest BCUT2D eigenvalue weighted by Gasteiger charge is -2.07. The summed E-state index contributed by atoms with van der Waals surface area (Å²) >= 11 is 6.05. The molecule has 23 heavy (non-hydrogen) atoms. The third-order valence-electron chi connectivity index (χ3n) is 3.50. The van der Waals surface area contributed by atoms with E-state index in [1.807, 2.05) is 19.9 Å². The minimum absolute atomic E-state index is 0.0181. The molecule has 0 saturated heterocycles. The van der Waals surface area contributed by atoms with E-state index < -0.39 is 10.0 Å². The van der Waals surface area contributed by atoms with Crippen LogP contribution in [0.4, 0.5) is 0 Å². The fourth-order valence-electron chi connectivity index (χ4n) is 2.42. The van der Waals surface area contributed by atoms with Crippen molar-refractivity contribution >= 4 is 32.7 Å². The monoisotopic (exact) mass is 350 g/mol. The van der Waals surface area contributed by atoms with Crippen LogP contribution in [0.2, 0.25) is 5.02 Å². The molecule has 0 amide bonds. The van der Waals surface area contributed by atoms with Crippen molar-refractivity contribution in [2.24, 2.45) is 0 Å². The average molecular weight is 351 g/mol. The lowest BCUT2D eigenvalue weighted by molar-refractivity contribution is 0.578. The molecule has 0 saturated carbocycles. The zero-order chi connectivity index (χ0) is 16.6. The van der Waals surface area contributed by atoms with Crippen molar-refractivity contribution in [2.45, 2.75) is 25.4 Å². The van der Waals surface area contributed by atoms with Crippen LogP contribution >= 0.6 is 11.6 Å². The Morgan fingerprint density at radius 2 is 2.00 bits per heavy atom. The lowest BCUT2D eigenvalue weighted by atomic mass is 10.2. The van der Waals surface area contributed by atoms with Crippen molar-refractivity contribution in [2.75, 3.05) is 0 Å². The normalized spacial score (nSPS) is 12.0. The number of nitrogens with one attached hydrogen (secondary N) is 2. The van der Waals surface area contributed by atoms with Gasteiger partial charge in [0.15, 0.2) is 10.7 Å². The summed E-state index contributed by atoms with van der Waals surface area (Å²) in [5.74, 6) is 0. The molecule has 0 aliphatic carbocycles. The highest BCUT2D eigenvalue weighted by Crippen LogP contribution is 2.23. The van der Waals surface area contributed by atoms with Gasteiger partial charge in [0.1, 0.15) is 0 Å². The van der Waals surface area contributed by atoms with E-state index in [0.29, 0.717) is 21.6 Å². The Labute approximate surface area is 138 Å². The Morgan fingerprint density at radius 1 is 1.26 bits per heavy atom. The Hall–Kier alpha value is -1.96. The van der Waals surface area contributed by atoms with Crippen LogP contribution < -0.4 is 4.72 Å². The number of aromatic nitrogens is 3. The van der Waals surface area contributed by atoms with E-state index in [1.54, 1.807) is 24.3 Å². The van der Waals surface area contributed by atoms with Gasteiger partial charge in [-0.2, -0.15) is 5.10 Å². The largest absolute Gasteiger partial charge is 0.263 e. The van der Waals surface area contributed by atoms with E-state index in [4.69, 9.17) is 11.6 Å². The predicted octanol–water partition coefficient (Wildman–Crippen LogP) is 2.71. The number of hydrogen-bond acceptors (Lipinski definition) is 4. The average Bonchev–Trinajstić information content (AvgIpc) is 2.91. The van der Waals surface area contributed by atoms with Gasteiger partial charge in [-0.1, -0.05) is 29.8 Å². The third-order valence-corrected chi connectivity index (χ3v) is 5.22. The first kappa shape index (κ1) is 15.9. The van der Waals surface area contributed by atoms with Gasteiger partial charge in [-0.15, -0.1) is 0 Å². The summed E-state index contributed by atoms with van der Waals surface area (Å²) in [4.78, 5) is 4.25. The van der Waals surface area contributed by atoms with Crippen LogP contribution in [-0.2, 0) is 16.6 Å². The van der Waals surface area contributed by atoms with Crippen molar-refractivity contribution in [3.05, 3.63) is 52.2 Å². The van der Waals surface area contributed by atoms with Crippen LogP contribution in [0.15, 0.2) is 35.4 Å². The summed E-state index contributed by atoms with van der Waals surface area (Å²) in [6, 6.07) is 8.91. The van der Waals surface area contributed by atoms with Crippen molar-refractivity contribution in [1.82, 2.24) is 19.9 Å². The summed E-state index contributed by atoms with van der Waals surface area (Å²) < 4.78 is 27.7. The molecule has 0 spiro atoms. The van der Waals surface area contributed by atoms with E-state index in [0.717, 1.165) is 11.3 Å². The molecular weight excluding hydrogens is 336 g/mol. The van der Waals surface area contributed by atoms with E-state index in [-0.39, 0.29) is 11.6 Å². The minimum atomic E-state index is -3.76. The molecule has 0 aliphatic heterocycles. The van der Waals surface area contributed by atoms with Gasteiger partial charge < -0.3 is 0 Å². The zero-order valence-corrected chi connectivity index (χ0v) is 14.2. The number of halogens is 1. The van der Waals surface area contributed by atoms with Gasteiger partial charge in [0.25, 0.3) is 10.0 Å². The maximum atomic E-state index is 12.6. The van der Waals surface area contributed by atoms with Crippen LogP contribution in [0, 0.1) is 13.8 Å². The molecule has 3 aromatic rings. The van der Waals surface area contributed by atoms with Gasteiger partial charge in [0.2, 0.25) is 0 Å². The molecule has 2 aromatic heterocycles. The van der Waals surface area contributed by atoms with Gasteiger partial charge >= 0.3 is 0 Å². The summed E-state index contributed by atoms with van der Waals surface area (Å²) in [5, 5.41) is 7.61. The fourth-order valence-corrected chi connectivity index (χ4v) is 3.80. The second kappa shape index (κ2) is 5.92. The predicted molar refractivity (Wildman–Crippen MR) is 88.8 cm³/mol. The number of sulfonamides is 1. The van der Waals surface area contributed by atoms with Gasteiger partial charge in [-0.25, -0.2) is 18.1 Å². The third kappa shape index (κ3) is 3.08. The molecule has 0 aliphatic rings. The molecule has 8 heteroatoms. The summed E-state index contributed by atoms with van der Waals surface area (Å²) in [6.07, 6.45) is 0. The maximum Gasteiger partial charge on any atom is 0.258 e. The number of aryl methyl sites for hydroxylation is 2. The van der Waals surface area contributed by atoms with Crippen LogP contribution in [-0.4, -0.2) is 23.6 Å². The number of H-pyrrole nitrogens is 1. The second-order valence-corrected chi connectivity index (χ2v) is 7.36. The van der Waals surface area contributed by atoms with Crippen molar-refractivity contribution in [1.29, 1.82) is 0 Å². The van der Waals surface area contributed by atoms with E-state index in [1.165, 1.54) is 0 Å². The van der Waals surface area contributed by atoms with Crippen LogP contribution in [0.25, 0.3) is 11.0 Å². The summed E-state index contributed by atoms with van der Waals surface area (Å²) in [6.45, 7) is 3.77. The molecule has 0 radical (unpaired) electrons. The Bertz CT molecular complexity index is 982. The molecule has 0 fully saturated rings. The number of nitrogens with zero attached hydrogens (tertiary/aromatic N) is 2. The molecule has 6 nitrogen and oxygen atoms in total. The van der Waals surface area contributed by atoms with Crippen molar-refractivity contribution in [3.8, 4) is 0 Å². The maximum absolute atomic E-state index is 12.6. The topological polar surface area (TPSA) is 87.7 Å². The number of fused-ring (bicyclic) bond motifs is 1. The number of aromatic amines is 1. The SMILES string of the molecule is Cc1cc(C)c2c(S(=O)(=O)NCc3ccccc3Cl)[nH]nc2n1. The first-order chi connectivity index (χ1) is 10.9. The number of benzene rings is 1. The Kier molecular flexibility index (Phi) is 4.09. The van der Waals surface area contributed by atoms with Crippen LogP contribution in [0.1, 0.15) is 16.8 Å². The Morgan fingerprint density at radius 3 is 2.74 bits per heavy atom. The molecular formula is C15H15ClN4O2S.